The number of thioether (sulfide) groups is 1. The van der Waals surface area contributed by atoms with Crippen molar-refractivity contribution in [3.8, 4) is 0 Å². The summed E-state index contributed by atoms with van der Waals surface area (Å²) in [4.78, 5) is 21.5. The number of benzene rings is 3. The van der Waals surface area contributed by atoms with Gasteiger partial charge in [-0.1, -0.05) is 30.3 Å². The lowest BCUT2D eigenvalue weighted by molar-refractivity contribution is 0.102. The van der Waals surface area contributed by atoms with Crippen molar-refractivity contribution >= 4 is 39.3 Å². The highest BCUT2D eigenvalue weighted by Gasteiger charge is 2.15. The van der Waals surface area contributed by atoms with E-state index in [4.69, 9.17) is 0 Å². The van der Waals surface area contributed by atoms with Crippen LogP contribution in [0.25, 0.3) is 0 Å². The molecule has 0 saturated heterocycles. The van der Waals surface area contributed by atoms with E-state index in [-0.39, 0.29) is 16.8 Å². The Morgan fingerprint density at radius 3 is 2.15 bits per heavy atom. The fraction of sp³-hybridized carbons (Fsp3) is 0.0417. The van der Waals surface area contributed by atoms with E-state index < -0.39 is 10.0 Å². The maximum atomic E-state index is 12.6. The molecule has 1 aromatic heterocycles. The molecule has 1 heterocycles. The van der Waals surface area contributed by atoms with Crippen LogP contribution in [-0.4, -0.2) is 24.3 Å². The van der Waals surface area contributed by atoms with E-state index in [1.165, 1.54) is 41.6 Å². The lowest BCUT2D eigenvalue weighted by atomic mass is 10.1. The summed E-state index contributed by atoms with van der Waals surface area (Å²) in [5.41, 5.74) is 2.12. The zero-order chi connectivity index (χ0) is 23.1. The molecule has 0 radical (unpaired) electrons. The van der Waals surface area contributed by atoms with Crippen LogP contribution in [-0.2, 0) is 15.8 Å². The Bertz CT molecular complexity index is 1310. The second-order valence-corrected chi connectivity index (χ2v) is 9.69. The number of sulfonamides is 1. The van der Waals surface area contributed by atoms with Crippen molar-refractivity contribution in [3.05, 3.63) is 108 Å². The molecule has 0 aliphatic heterocycles. The Balaban J connectivity index is 1.35. The predicted octanol–water partition coefficient (Wildman–Crippen LogP) is 4.82. The van der Waals surface area contributed by atoms with E-state index in [1.54, 1.807) is 30.0 Å². The van der Waals surface area contributed by atoms with E-state index in [0.717, 1.165) is 11.3 Å². The average molecular weight is 477 g/mol. The number of nitrogens with zero attached hydrogens (tertiary/aromatic N) is 2. The number of carbonyl (C=O) groups is 1. The molecule has 9 heteroatoms. The van der Waals surface area contributed by atoms with E-state index >= 15 is 0 Å². The highest BCUT2D eigenvalue weighted by atomic mass is 32.2. The first-order valence-corrected chi connectivity index (χ1v) is 12.4. The Kier molecular flexibility index (Phi) is 7.01. The molecule has 0 saturated carbocycles. The van der Waals surface area contributed by atoms with Crippen LogP contribution in [0.1, 0.15) is 15.9 Å². The normalized spacial score (nSPS) is 11.0. The number of hydrogen-bond donors (Lipinski definition) is 2. The van der Waals surface area contributed by atoms with Gasteiger partial charge in [-0.05, 0) is 60.2 Å². The minimum Gasteiger partial charge on any atom is -0.322 e. The van der Waals surface area contributed by atoms with Gasteiger partial charge in [-0.15, -0.1) is 11.8 Å². The lowest BCUT2D eigenvalue weighted by Crippen LogP contribution is -2.15. The third kappa shape index (κ3) is 6.18. The van der Waals surface area contributed by atoms with E-state index in [1.807, 2.05) is 30.3 Å². The first-order valence-electron chi connectivity index (χ1n) is 9.98. The van der Waals surface area contributed by atoms with Crippen LogP contribution >= 0.6 is 11.8 Å². The zero-order valence-corrected chi connectivity index (χ0v) is 19.0. The SMILES string of the molecule is O=C(Nc1ccc(S(=O)(=O)Nc2ncccn2)cc1)c1ccc(CSc2ccccc2)cc1. The zero-order valence-electron chi connectivity index (χ0n) is 17.4. The molecular weight excluding hydrogens is 456 g/mol. The maximum Gasteiger partial charge on any atom is 0.264 e. The quantitative estimate of drug-likeness (QED) is 0.354. The number of aromatic nitrogens is 2. The topological polar surface area (TPSA) is 101 Å². The minimum atomic E-state index is -3.83. The molecule has 0 aliphatic carbocycles. The molecule has 0 spiro atoms. The molecule has 33 heavy (non-hydrogen) atoms. The number of amides is 1. The van der Waals surface area contributed by atoms with Gasteiger partial charge in [-0.25, -0.2) is 23.1 Å². The van der Waals surface area contributed by atoms with E-state index in [9.17, 15) is 13.2 Å². The Morgan fingerprint density at radius 1 is 0.818 bits per heavy atom. The fourth-order valence-corrected chi connectivity index (χ4v) is 4.72. The highest BCUT2D eigenvalue weighted by molar-refractivity contribution is 7.98. The Morgan fingerprint density at radius 2 is 1.48 bits per heavy atom. The van der Waals surface area contributed by atoms with Gasteiger partial charge in [0.05, 0.1) is 4.90 Å². The number of nitrogens with one attached hydrogen (secondary N) is 2. The van der Waals surface area contributed by atoms with Crippen LogP contribution in [0.2, 0.25) is 0 Å². The van der Waals surface area contributed by atoms with Crippen LogP contribution in [0.3, 0.4) is 0 Å². The van der Waals surface area contributed by atoms with Crippen LogP contribution in [0.15, 0.2) is 107 Å². The summed E-state index contributed by atoms with van der Waals surface area (Å²) in [5.74, 6) is 0.522. The predicted molar refractivity (Wildman–Crippen MR) is 130 cm³/mol. The van der Waals surface area contributed by atoms with Crippen LogP contribution in [0.5, 0.6) is 0 Å². The molecule has 2 N–H and O–H groups in total. The fourth-order valence-electron chi connectivity index (χ4n) is 2.89. The van der Waals surface area contributed by atoms with Crippen molar-refractivity contribution in [2.24, 2.45) is 0 Å². The van der Waals surface area contributed by atoms with Gasteiger partial charge in [0.1, 0.15) is 0 Å². The van der Waals surface area contributed by atoms with Crippen molar-refractivity contribution in [2.75, 3.05) is 10.0 Å². The number of carbonyl (C=O) groups excluding carboxylic acids is 1. The van der Waals surface area contributed by atoms with Gasteiger partial charge in [-0.3, -0.25) is 4.79 Å². The first-order chi connectivity index (χ1) is 16.0. The van der Waals surface area contributed by atoms with Gasteiger partial charge in [-0.2, -0.15) is 0 Å². The number of hydrogen-bond acceptors (Lipinski definition) is 6. The smallest absolute Gasteiger partial charge is 0.264 e. The van der Waals surface area contributed by atoms with E-state index in [0.29, 0.717) is 11.3 Å². The molecule has 0 bridgehead atoms. The average Bonchev–Trinajstić information content (AvgIpc) is 2.84. The standard InChI is InChI=1S/C24H20N4O3S2/c29-23(19-9-7-18(8-10-19)17-32-21-5-2-1-3-6-21)27-20-11-13-22(14-12-20)33(30,31)28-24-25-15-4-16-26-24/h1-16H,17H2,(H,27,29)(H,25,26,28). The van der Waals surface area contributed by atoms with Crippen LogP contribution < -0.4 is 10.0 Å². The molecule has 0 aliphatic rings. The third-order valence-corrected chi connectivity index (χ3v) is 7.01. The maximum absolute atomic E-state index is 12.6. The second kappa shape index (κ2) is 10.3. The van der Waals surface area contributed by atoms with Gasteiger partial charge < -0.3 is 5.32 Å². The largest absolute Gasteiger partial charge is 0.322 e. The first kappa shape index (κ1) is 22.5. The Labute approximate surface area is 196 Å². The van der Waals surface area contributed by atoms with Crippen molar-refractivity contribution in [1.82, 2.24) is 9.97 Å². The van der Waals surface area contributed by atoms with Crippen molar-refractivity contribution in [2.45, 2.75) is 15.5 Å². The highest BCUT2D eigenvalue weighted by Crippen LogP contribution is 2.23. The van der Waals surface area contributed by atoms with Crippen molar-refractivity contribution < 1.29 is 13.2 Å². The number of rotatable bonds is 8. The summed E-state index contributed by atoms with van der Waals surface area (Å²) >= 11 is 1.73. The summed E-state index contributed by atoms with van der Waals surface area (Å²) in [6, 6.07) is 25.0. The molecule has 0 fully saturated rings. The monoisotopic (exact) mass is 476 g/mol. The molecular formula is C24H20N4O3S2. The lowest BCUT2D eigenvalue weighted by Gasteiger charge is -2.09. The van der Waals surface area contributed by atoms with Gasteiger partial charge >= 0.3 is 0 Å². The summed E-state index contributed by atoms with van der Waals surface area (Å²) in [7, 11) is -3.83. The summed E-state index contributed by atoms with van der Waals surface area (Å²) in [6.07, 6.45) is 2.89. The molecule has 4 rings (SSSR count). The molecule has 0 atom stereocenters. The third-order valence-electron chi connectivity index (χ3n) is 4.58. The summed E-state index contributed by atoms with van der Waals surface area (Å²) in [6.45, 7) is 0. The number of anilines is 2. The molecule has 4 aromatic rings. The van der Waals surface area contributed by atoms with Crippen molar-refractivity contribution in [3.63, 3.8) is 0 Å². The molecule has 3 aromatic carbocycles. The van der Waals surface area contributed by atoms with Crippen LogP contribution in [0.4, 0.5) is 11.6 Å². The molecule has 166 valence electrons. The Hall–Kier alpha value is -3.69. The van der Waals surface area contributed by atoms with Gasteiger partial charge in [0.15, 0.2) is 0 Å². The molecule has 7 nitrogen and oxygen atoms in total. The summed E-state index contributed by atoms with van der Waals surface area (Å²) < 4.78 is 27.2. The van der Waals surface area contributed by atoms with Gasteiger partial charge in [0.25, 0.3) is 15.9 Å². The van der Waals surface area contributed by atoms with E-state index in [2.05, 4.69) is 32.1 Å². The van der Waals surface area contributed by atoms with Gasteiger partial charge in [0.2, 0.25) is 5.95 Å². The summed E-state index contributed by atoms with van der Waals surface area (Å²) in [5, 5.41) is 2.78. The molecule has 0 unspecified atom stereocenters. The minimum absolute atomic E-state index is 0.0134. The second-order valence-electron chi connectivity index (χ2n) is 6.96. The molecule has 1 amide bonds. The van der Waals surface area contributed by atoms with Crippen molar-refractivity contribution in [1.29, 1.82) is 0 Å². The van der Waals surface area contributed by atoms with Gasteiger partial charge in [0, 0.05) is 34.3 Å². The van der Waals surface area contributed by atoms with Crippen LogP contribution in [0, 0.1) is 0 Å².